The zero-order chi connectivity index (χ0) is 20.4. The normalized spacial score (nSPS) is 14.0. The molecule has 8 nitrogen and oxygen atoms in total. The number of nitrogens with two attached hydrogens (primary N) is 2. The average Bonchev–Trinajstić information content (AvgIpc) is 3.33. The Balaban J connectivity index is 1.99. The summed E-state index contributed by atoms with van der Waals surface area (Å²) in [4.78, 5) is 16.9. The van der Waals surface area contributed by atoms with Crippen LogP contribution in [0.4, 0.5) is 5.82 Å². The van der Waals surface area contributed by atoms with E-state index in [4.69, 9.17) is 16.2 Å². The van der Waals surface area contributed by atoms with Gasteiger partial charge in [-0.1, -0.05) is 6.07 Å². The Hall–Kier alpha value is -3.55. The van der Waals surface area contributed by atoms with E-state index in [-0.39, 0.29) is 0 Å². The van der Waals surface area contributed by atoms with E-state index < -0.39 is 5.91 Å². The number of benzene rings is 1. The van der Waals surface area contributed by atoms with Crippen LogP contribution in [0.1, 0.15) is 45.9 Å². The van der Waals surface area contributed by atoms with Crippen molar-refractivity contribution in [1.29, 1.82) is 0 Å². The molecule has 1 fully saturated rings. The van der Waals surface area contributed by atoms with Crippen LogP contribution in [-0.4, -0.2) is 32.2 Å². The molecule has 8 heteroatoms. The molecule has 0 bridgehead atoms. The second kappa shape index (κ2) is 5.97. The third kappa shape index (κ3) is 2.35. The zero-order valence-corrected chi connectivity index (χ0v) is 16.6. The third-order valence-corrected chi connectivity index (χ3v) is 5.81. The van der Waals surface area contributed by atoms with Crippen molar-refractivity contribution in [2.45, 2.75) is 32.6 Å². The molecule has 3 heterocycles. The highest BCUT2D eigenvalue weighted by Crippen LogP contribution is 2.44. The number of hydrogen-bond donors (Lipinski definition) is 2. The fourth-order valence-corrected chi connectivity index (χ4v) is 4.31. The van der Waals surface area contributed by atoms with Gasteiger partial charge in [-0.05, 0) is 44.4 Å². The summed E-state index contributed by atoms with van der Waals surface area (Å²) in [7, 11) is 1.63. The molecule has 1 aliphatic carbocycles. The smallest absolute Gasteiger partial charge is 0.253 e. The molecule has 1 amide bonds. The van der Waals surface area contributed by atoms with E-state index in [1.54, 1.807) is 7.11 Å². The van der Waals surface area contributed by atoms with Crippen molar-refractivity contribution in [3.8, 4) is 11.4 Å². The Kier molecular flexibility index (Phi) is 3.61. The predicted molar refractivity (Wildman–Crippen MR) is 111 cm³/mol. The van der Waals surface area contributed by atoms with Gasteiger partial charge in [0.15, 0.2) is 5.65 Å². The number of methoxy groups -OCH3 is 1. The quantitative estimate of drug-likeness (QED) is 0.556. The lowest BCUT2D eigenvalue weighted by molar-refractivity contribution is 0.100. The number of ether oxygens (including phenoxy) is 1. The average molecular weight is 390 g/mol. The maximum atomic E-state index is 12.4. The number of carbonyl (C=O) groups is 1. The standard InChI is InChI=1S/C21H22N6O2/c1-10-4-7-15(29-3)11(2)17(10)26-18-13(16(19(26)22)20(23)28)8-14(12-5-6-12)27-21(18)24-9-25-27/h4,7-9,12H,5-6,22H2,1-3H3,(H2,23,28). The highest BCUT2D eigenvalue weighted by molar-refractivity contribution is 6.14. The molecule has 0 radical (unpaired) electrons. The van der Waals surface area contributed by atoms with Crippen LogP contribution in [0.5, 0.6) is 5.75 Å². The molecule has 1 aromatic carbocycles. The number of aryl methyl sites for hydroxylation is 1. The number of amides is 1. The first kappa shape index (κ1) is 17.5. The first-order chi connectivity index (χ1) is 13.9. The van der Waals surface area contributed by atoms with Crippen molar-refractivity contribution in [2.75, 3.05) is 12.8 Å². The number of rotatable bonds is 4. The van der Waals surface area contributed by atoms with Gasteiger partial charge in [0, 0.05) is 22.6 Å². The summed E-state index contributed by atoms with van der Waals surface area (Å²) in [5.74, 6) is 0.883. The lowest BCUT2D eigenvalue weighted by Gasteiger charge is -2.17. The van der Waals surface area contributed by atoms with E-state index in [9.17, 15) is 4.79 Å². The molecule has 1 saturated carbocycles. The van der Waals surface area contributed by atoms with Crippen LogP contribution in [-0.2, 0) is 0 Å². The molecular weight excluding hydrogens is 368 g/mol. The lowest BCUT2D eigenvalue weighted by Crippen LogP contribution is -2.14. The summed E-state index contributed by atoms with van der Waals surface area (Å²) < 4.78 is 9.24. The number of nitrogen functional groups attached to an aromatic ring is 1. The van der Waals surface area contributed by atoms with Crippen molar-refractivity contribution in [2.24, 2.45) is 5.73 Å². The minimum Gasteiger partial charge on any atom is -0.496 e. The molecule has 29 heavy (non-hydrogen) atoms. The van der Waals surface area contributed by atoms with Gasteiger partial charge < -0.3 is 16.2 Å². The first-order valence-electron chi connectivity index (χ1n) is 9.55. The van der Waals surface area contributed by atoms with E-state index in [1.807, 2.05) is 41.1 Å². The highest BCUT2D eigenvalue weighted by atomic mass is 16.5. The van der Waals surface area contributed by atoms with E-state index in [2.05, 4.69) is 10.1 Å². The van der Waals surface area contributed by atoms with Gasteiger partial charge >= 0.3 is 0 Å². The fraction of sp³-hybridized carbons (Fsp3) is 0.286. The molecule has 4 N–H and O–H groups in total. The Morgan fingerprint density at radius 3 is 2.69 bits per heavy atom. The molecule has 0 spiro atoms. The van der Waals surface area contributed by atoms with Gasteiger partial charge in [0.1, 0.15) is 23.4 Å². The Bertz CT molecular complexity index is 1310. The van der Waals surface area contributed by atoms with Gasteiger partial charge in [-0.2, -0.15) is 5.10 Å². The maximum Gasteiger partial charge on any atom is 0.253 e. The largest absolute Gasteiger partial charge is 0.496 e. The van der Waals surface area contributed by atoms with E-state index in [0.29, 0.717) is 28.3 Å². The second-order valence-electron chi connectivity index (χ2n) is 7.62. The fourth-order valence-electron chi connectivity index (χ4n) is 4.31. The van der Waals surface area contributed by atoms with Gasteiger partial charge in [-0.15, -0.1) is 0 Å². The molecule has 4 aromatic rings. The summed E-state index contributed by atoms with van der Waals surface area (Å²) in [6, 6.07) is 5.88. The highest BCUT2D eigenvalue weighted by Gasteiger charge is 2.31. The number of carbonyl (C=O) groups excluding carboxylic acids is 1. The predicted octanol–water partition coefficient (Wildman–Crippen LogP) is 2.86. The van der Waals surface area contributed by atoms with Gasteiger partial charge in [0.25, 0.3) is 5.91 Å². The lowest BCUT2D eigenvalue weighted by atomic mass is 10.1. The Morgan fingerprint density at radius 1 is 1.28 bits per heavy atom. The van der Waals surface area contributed by atoms with Crippen molar-refractivity contribution in [3.05, 3.63) is 46.9 Å². The number of hydrogen-bond acceptors (Lipinski definition) is 5. The van der Waals surface area contributed by atoms with Gasteiger partial charge in [0.2, 0.25) is 0 Å². The maximum absolute atomic E-state index is 12.4. The minimum absolute atomic E-state index is 0.296. The number of nitrogens with zero attached hydrogens (tertiary/aromatic N) is 4. The van der Waals surface area contributed by atoms with E-state index in [1.165, 1.54) is 6.33 Å². The number of primary amides is 1. The third-order valence-electron chi connectivity index (χ3n) is 5.81. The molecule has 148 valence electrons. The van der Waals surface area contributed by atoms with Crippen molar-refractivity contribution in [1.82, 2.24) is 19.2 Å². The summed E-state index contributed by atoms with van der Waals surface area (Å²) >= 11 is 0. The van der Waals surface area contributed by atoms with Crippen LogP contribution in [0.2, 0.25) is 0 Å². The van der Waals surface area contributed by atoms with Crippen molar-refractivity contribution in [3.63, 3.8) is 0 Å². The molecule has 0 aliphatic heterocycles. The molecule has 5 rings (SSSR count). The van der Waals surface area contributed by atoms with Crippen LogP contribution in [0.15, 0.2) is 24.5 Å². The molecule has 0 saturated heterocycles. The van der Waals surface area contributed by atoms with E-state index in [0.717, 1.165) is 46.6 Å². The van der Waals surface area contributed by atoms with Crippen LogP contribution in [0, 0.1) is 13.8 Å². The minimum atomic E-state index is -0.560. The van der Waals surface area contributed by atoms with Crippen LogP contribution in [0.25, 0.3) is 22.2 Å². The van der Waals surface area contributed by atoms with Gasteiger partial charge in [-0.25, -0.2) is 9.50 Å². The number of pyridine rings is 1. The summed E-state index contributed by atoms with van der Waals surface area (Å²) in [5.41, 5.74) is 17.8. The van der Waals surface area contributed by atoms with Gasteiger partial charge in [-0.3, -0.25) is 9.36 Å². The second-order valence-corrected chi connectivity index (χ2v) is 7.62. The van der Waals surface area contributed by atoms with E-state index >= 15 is 0 Å². The molecule has 3 aromatic heterocycles. The Morgan fingerprint density at radius 2 is 2.03 bits per heavy atom. The molecule has 0 unspecified atom stereocenters. The van der Waals surface area contributed by atoms with Crippen LogP contribution in [0.3, 0.4) is 0 Å². The number of fused-ring (bicyclic) bond motifs is 3. The molecular formula is C21H22N6O2. The number of aromatic nitrogens is 4. The van der Waals surface area contributed by atoms with Crippen molar-refractivity contribution >= 4 is 28.3 Å². The molecule has 0 atom stereocenters. The van der Waals surface area contributed by atoms with Crippen molar-refractivity contribution < 1.29 is 9.53 Å². The van der Waals surface area contributed by atoms with Crippen LogP contribution < -0.4 is 16.2 Å². The van der Waals surface area contributed by atoms with Gasteiger partial charge in [0.05, 0.1) is 18.4 Å². The number of anilines is 1. The first-order valence-corrected chi connectivity index (χ1v) is 9.55. The molecule has 1 aliphatic rings. The monoisotopic (exact) mass is 390 g/mol. The summed E-state index contributed by atoms with van der Waals surface area (Å²) in [6.07, 6.45) is 3.72. The Labute approximate surface area is 167 Å². The SMILES string of the molecule is COc1ccc(C)c(-n2c(N)c(C(N)=O)c3cc(C4CC4)n4ncnc4c32)c1C. The topological polar surface area (TPSA) is 113 Å². The summed E-state index contributed by atoms with van der Waals surface area (Å²) in [5, 5.41) is 5.15. The van der Waals surface area contributed by atoms with Crippen LogP contribution >= 0.6 is 0 Å². The summed E-state index contributed by atoms with van der Waals surface area (Å²) in [6.45, 7) is 3.96. The zero-order valence-electron chi connectivity index (χ0n) is 16.6.